The van der Waals surface area contributed by atoms with Gasteiger partial charge in [0.25, 0.3) is 5.91 Å². The van der Waals surface area contributed by atoms with Crippen LogP contribution < -0.4 is 10.1 Å². The van der Waals surface area contributed by atoms with E-state index in [1.165, 1.54) is 30.8 Å². The van der Waals surface area contributed by atoms with Crippen LogP contribution in [0.1, 0.15) is 17.3 Å². The standard InChI is InChI=1S/C16H13Cl2NO3S/c1-9(20)22-15-11(17)7-10(8-12(15)18)16(21)19-13-5-3-4-6-14(13)23-2/h3-8H,1-2H3,(H,19,21). The Kier molecular flexibility index (Phi) is 5.93. The molecule has 23 heavy (non-hydrogen) atoms. The molecule has 0 radical (unpaired) electrons. The van der Waals surface area contributed by atoms with Crippen molar-refractivity contribution in [1.82, 2.24) is 0 Å². The molecule has 1 amide bonds. The van der Waals surface area contributed by atoms with Crippen molar-refractivity contribution >= 4 is 52.5 Å². The largest absolute Gasteiger partial charge is 0.424 e. The van der Waals surface area contributed by atoms with Gasteiger partial charge in [-0.1, -0.05) is 35.3 Å². The molecule has 0 fully saturated rings. The maximum atomic E-state index is 12.4. The van der Waals surface area contributed by atoms with Crippen molar-refractivity contribution in [3.63, 3.8) is 0 Å². The fraction of sp³-hybridized carbons (Fsp3) is 0.125. The highest BCUT2D eigenvalue weighted by Crippen LogP contribution is 2.35. The molecule has 0 aliphatic rings. The van der Waals surface area contributed by atoms with Crippen LogP contribution in [-0.2, 0) is 4.79 Å². The molecule has 1 N–H and O–H groups in total. The summed E-state index contributed by atoms with van der Waals surface area (Å²) in [5.41, 5.74) is 0.966. The number of ether oxygens (including phenoxy) is 1. The van der Waals surface area contributed by atoms with Gasteiger partial charge in [-0.05, 0) is 30.5 Å². The van der Waals surface area contributed by atoms with Crippen LogP contribution in [0.4, 0.5) is 5.69 Å². The van der Waals surface area contributed by atoms with Gasteiger partial charge in [0.05, 0.1) is 15.7 Å². The summed E-state index contributed by atoms with van der Waals surface area (Å²) in [5, 5.41) is 2.99. The molecule has 4 nitrogen and oxygen atoms in total. The highest BCUT2D eigenvalue weighted by molar-refractivity contribution is 7.98. The normalized spacial score (nSPS) is 10.3. The summed E-state index contributed by atoms with van der Waals surface area (Å²) in [6.07, 6.45) is 1.92. The Morgan fingerprint density at radius 1 is 1.13 bits per heavy atom. The SMILES string of the molecule is CSc1ccccc1NC(=O)c1cc(Cl)c(OC(C)=O)c(Cl)c1. The molecular formula is C16H13Cl2NO3S. The van der Waals surface area contributed by atoms with Crippen molar-refractivity contribution in [2.45, 2.75) is 11.8 Å². The molecule has 2 aromatic carbocycles. The molecule has 0 spiro atoms. The Morgan fingerprint density at radius 3 is 2.30 bits per heavy atom. The van der Waals surface area contributed by atoms with E-state index in [0.717, 1.165) is 4.90 Å². The summed E-state index contributed by atoms with van der Waals surface area (Å²) < 4.78 is 4.93. The zero-order chi connectivity index (χ0) is 17.0. The van der Waals surface area contributed by atoms with E-state index in [1.54, 1.807) is 6.07 Å². The third-order valence-electron chi connectivity index (χ3n) is 2.86. The number of thioether (sulfide) groups is 1. The molecule has 0 aromatic heterocycles. The number of nitrogens with one attached hydrogen (secondary N) is 1. The van der Waals surface area contributed by atoms with Crippen molar-refractivity contribution < 1.29 is 14.3 Å². The van der Waals surface area contributed by atoms with Gasteiger partial charge < -0.3 is 10.1 Å². The van der Waals surface area contributed by atoms with E-state index in [4.69, 9.17) is 27.9 Å². The fourth-order valence-corrected chi connectivity index (χ4v) is 2.99. The number of para-hydroxylation sites is 1. The van der Waals surface area contributed by atoms with Crippen LogP contribution >= 0.6 is 35.0 Å². The number of anilines is 1. The molecule has 0 bridgehead atoms. The number of halogens is 2. The molecule has 0 saturated carbocycles. The van der Waals surface area contributed by atoms with Crippen LogP contribution in [0.5, 0.6) is 5.75 Å². The van der Waals surface area contributed by atoms with Gasteiger partial charge in [0, 0.05) is 17.4 Å². The maximum Gasteiger partial charge on any atom is 0.308 e. The number of hydrogen-bond donors (Lipinski definition) is 1. The highest BCUT2D eigenvalue weighted by atomic mass is 35.5. The number of esters is 1. The lowest BCUT2D eigenvalue weighted by Gasteiger charge is -2.11. The predicted octanol–water partition coefficient (Wildman–Crippen LogP) is 4.89. The average Bonchev–Trinajstić information content (AvgIpc) is 2.51. The number of carbonyl (C=O) groups is 2. The number of carbonyl (C=O) groups excluding carboxylic acids is 2. The van der Waals surface area contributed by atoms with Crippen LogP contribution in [0.15, 0.2) is 41.3 Å². The molecule has 0 aliphatic heterocycles. The van der Waals surface area contributed by atoms with Crippen molar-refractivity contribution in [2.24, 2.45) is 0 Å². The van der Waals surface area contributed by atoms with Gasteiger partial charge >= 0.3 is 5.97 Å². The van der Waals surface area contributed by atoms with Crippen LogP contribution in [0.3, 0.4) is 0 Å². The minimum atomic E-state index is -0.542. The van der Waals surface area contributed by atoms with E-state index >= 15 is 0 Å². The van der Waals surface area contributed by atoms with Gasteiger partial charge in [0.15, 0.2) is 5.75 Å². The zero-order valence-corrected chi connectivity index (χ0v) is 14.7. The van der Waals surface area contributed by atoms with E-state index in [-0.39, 0.29) is 27.3 Å². The predicted molar refractivity (Wildman–Crippen MR) is 93.9 cm³/mol. The summed E-state index contributed by atoms with van der Waals surface area (Å²) >= 11 is 13.6. The molecule has 120 valence electrons. The second kappa shape index (κ2) is 7.73. The van der Waals surface area contributed by atoms with Gasteiger partial charge in [0.1, 0.15) is 0 Å². The molecule has 0 atom stereocenters. The third kappa shape index (κ3) is 4.41. The van der Waals surface area contributed by atoms with E-state index < -0.39 is 5.97 Å². The lowest BCUT2D eigenvalue weighted by atomic mass is 10.2. The number of amides is 1. The van der Waals surface area contributed by atoms with Crippen LogP contribution in [0, 0.1) is 0 Å². The van der Waals surface area contributed by atoms with E-state index in [2.05, 4.69) is 5.32 Å². The Labute approximate surface area is 148 Å². The minimum Gasteiger partial charge on any atom is -0.424 e. The first-order valence-electron chi connectivity index (χ1n) is 6.54. The molecule has 2 rings (SSSR count). The average molecular weight is 370 g/mol. The topological polar surface area (TPSA) is 55.4 Å². The molecule has 0 unspecified atom stereocenters. The van der Waals surface area contributed by atoms with Crippen molar-refractivity contribution in [3.05, 3.63) is 52.0 Å². The Balaban J connectivity index is 2.28. The molecular weight excluding hydrogens is 357 g/mol. The number of rotatable bonds is 4. The van der Waals surface area contributed by atoms with Crippen molar-refractivity contribution in [3.8, 4) is 5.75 Å². The first kappa shape index (κ1) is 17.7. The monoisotopic (exact) mass is 369 g/mol. The van der Waals surface area contributed by atoms with Gasteiger partial charge in [-0.2, -0.15) is 0 Å². The highest BCUT2D eigenvalue weighted by Gasteiger charge is 2.16. The summed E-state index contributed by atoms with van der Waals surface area (Å²) in [6, 6.07) is 10.2. The minimum absolute atomic E-state index is 0.0434. The second-order valence-electron chi connectivity index (χ2n) is 4.52. The lowest BCUT2D eigenvalue weighted by Crippen LogP contribution is -2.13. The fourth-order valence-electron chi connectivity index (χ4n) is 1.87. The maximum absolute atomic E-state index is 12.4. The Morgan fingerprint density at radius 2 is 1.74 bits per heavy atom. The smallest absolute Gasteiger partial charge is 0.308 e. The van der Waals surface area contributed by atoms with E-state index in [1.807, 2.05) is 24.5 Å². The molecule has 0 heterocycles. The lowest BCUT2D eigenvalue weighted by molar-refractivity contribution is -0.131. The number of hydrogen-bond acceptors (Lipinski definition) is 4. The van der Waals surface area contributed by atoms with Crippen molar-refractivity contribution in [2.75, 3.05) is 11.6 Å². The van der Waals surface area contributed by atoms with Crippen LogP contribution in [0.25, 0.3) is 0 Å². The van der Waals surface area contributed by atoms with E-state index in [0.29, 0.717) is 5.69 Å². The first-order valence-corrected chi connectivity index (χ1v) is 8.52. The second-order valence-corrected chi connectivity index (χ2v) is 6.18. The molecule has 0 aliphatic carbocycles. The van der Waals surface area contributed by atoms with Gasteiger partial charge in [-0.3, -0.25) is 9.59 Å². The summed E-state index contributed by atoms with van der Waals surface area (Å²) in [5.74, 6) is -0.855. The summed E-state index contributed by atoms with van der Waals surface area (Å²) in [6.45, 7) is 1.24. The first-order chi connectivity index (χ1) is 10.9. The zero-order valence-electron chi connectivity index (χ0n) is 12.4. The third-order valence-corrected chi connectivity index (χ3v) is 4.22. The quantitative estimate of drug-likeness (QED) is 0.473. The summed E-state index contributed by atoms with van der Waals surface area (Å²) in [4.78, 5) is 24.3. The van der Waals surface area contributed by atoms with Crippen molar-refractivity contribution in [1.29, 1.82) is 0 Å². The Hall–Kier alpha value is -1.69. The molecule has 2 aromatic rings. The Bertz CT molecular complexity index is 742. The molecule has 7 heteroatoms. The number of benzene rings is 2. The molecule has 0 saturated heterocycles. The van der Waals surface area contributed by atoms with Gasteiger partial charge in [0.2, 0.25) is 0 Å². The van der Waals surface area contributed by atoms with E-state index in [9.17, 15) is 9.59 Å². The van der Waals surface area contributed by atoms with Gasteiger partial charge in [-0.15, -0.1) is 11.8 Å². The van der Waals surface area contributed by atoms with Gasteiger partial charge in [-0.25, -0.2) is 0 Å². The van der Waals surface area contributed by atoms with Crippen LogP contribution in [-0.4, -0.2) is 18.1 Å². The van der Waals surface area contributed by atoms with Crippen LogP contribution in [0.2, 0.25) is 10.0 Å². The summed E-state index contributed by atoms with van der Waals surface area (Å²) in [7, 11) is 0.